The van der Waals surface area contributed by atoms with Gasteiger partial charge in [0, 0.05) is 31.0 Å². The van der Waals surface area contributed by atoms with Crippen molar-refractivity contribution in [2.75, 3.05) is 19.6 Å². The number of rotatable bonds is 4. The number of carbonyl (C=O) groups is 1. The number of nitrogens with one attached hydrogen (secondary N) is 1. The van der Waals surface area contributed by atoms with Gasteiger partial charge in [-0.3, -0.25) is 4.79 Å². The Morgan fingerprint density at radius 1 is 1.33 bits per heavy atom. The van der Waals surface area contributed by atoms with Gasteiger partial charge in [0.1, 0.15) is 0 Å². The molecule has 0 aromatic rings. The molecule has 2 aliphatic rings. The van der Waals surface area contributed by atoms with Gasteiger partial charge in [0.2, 0.25) is 5.91 Å². The molecule has 0 bridgehead atoms. The van der Waals surface area contributed by atoms with E-state index in [1.807, 2.05) is 25.7 Å². The highest BCUT2D eigenvalue weighted by Crippen LogP contribution is 2.51. The first kappa shape index (κ1) is 15.5. The fourth-order valence-corrected chi connectivity index (χ4v) is 3.13. The minimum atomic E-state index is 0.328. The topological polar surface area (TPSA) is 32.3 Å². The molecule has 1 heterocycles. The smallest absolute Gasteiger partial charge is 0.222 e. The molecule has 18 heavy (non-hydrogen) atoms. The maximum atomic E-state index is 11.4. The minimum absolute atomic E-state index is 0.328. The highest BCUT2D eigenvalue weighted by molar-refractivity contribution is 5.76. The predicted molar refractivity (Wildman–Crippen MR) is 76.5 cm³/mol. The van der Waals surface area contributed by atoms with Gasteiger partial charge in [-0.25, -0.2) is 0 Å². The van der Waals surface area contributed by atoms with Crippen molar-refractivity contribution in [3.63, 3.8) is 0 Å². The maximum Gasteiger partial charge on any atom is 0.222 e. The summed E-state index contributed by atoms with van der Waals surface area (Å²) >= 11 is 0. The second kappa shape index (κ2) is 6.55. The number of carbonyl (C=O) groups excluding carboxylic acids is 1. The molecule has 1 saturated carbocycles. The number of nitrogens with zero attached hydrogens (tertiary/aromatic N) is 1. The Morgan fingerprint density at radius 2 is 1.89 bits per heavy atom. The maximum absolute atomic E-state index is 11.4. The Labute approximate surface area is 112 Å². The van der Waals surface area contributed by atoms with Crippen LogP contribution in [0.3, 0.4) is 0 Å². The molecule has 0 unspecified atom stereocenters. The first-order valence-corrected chi connectivity index (χ1v) is 7.56. The number of hydrogen-bond donors (Lipinski definition) is 1. The van der Waals surface area contributed by atoms with Gasteiger partial charge in [0.15, 0.2) is 0 Å². The highest BCUT2D eigenvalue weighted by Gasteiger charge is 2.52. The summed E-state index contributed by atoms with van der Waals surface area (Å²) in [7, 11) is 0. The molecule has 0 aromatic heterocycles. The van der Waals surface area contributed by atoms with Gasteiger partial charge in [-0.15, -0.1) is 0 Å². The average molecular weight is 254 g/mol. The second-order valence-electron chi connectivity index (χ2n) is 5.94. The zero-order valence-electron chi connectivity index (χ0n) is 12.8. The molecule has 1 spiro atoms. The van der Waals surface area contributed by atoms with Gasteiger partial charge in [-0.1, -0.05) is 34.6 Å². The van der Waals surface area contributed by atoms with Gasteiger partial charge < -0.3 is 10.2 Å². The molecule has 0 radical (unpaired) electrons. The van der Waals surface area contributed by atoms with Crippen LogP contribution >= 0.6 is 0 Å². The number of likely N-dealkylation sites (tertiary alicyclic amines) is 1. The van der Waals surface area contributed by atoms with Crippen LogP contribution in [0.15, 0.2) is 0 Å². The normalized spacial score (nSPS) is 21.1. The van der Waals surface area contributed by atoms with Crippen molar-refractivity contribution in [1.82, 2.24) is 10.2 Å². The second-order valence-corrected chi connectivity index (χ2v) is 5.94. The van der Waals surface area contributed by atoms with Crippen LogP contribution in [-0.4, -0.2) is 36.5 Å². The van der Waals surface area contributed by atoms with Gasteiger partial charge in [0.05, 0.1) is 0 Å². The molecule has 1 aliphatic heterocycles. The molecule has 106 valence electrons. The van der Waals surface area contributed by atoms with E-state index < -0.39 is 0 Å². The molecule has 3 heteroatoms. The summed E-state index contributed by atoms with van der Waals surface area (Å²) in [5, 5.41) is 3.50. The van der Waals surface area contributed by atoms with Crippen LogP contribution in [0, 0.1) is 11.3 Å². The molecule has 1 saturated heterocycles. The Bertz CT molecular complexity index is 262. The first-order chi connectivity index (χ1) is 8.54. The van der Waals surface area contributed by atoms with E-state index in [1.165, 1.54) is 12.8 Å². The third kappa shape index (κ3) is 3.47. The summed E-state index contributed by atoms with van der Waals surface area (Å²) in [6.45, 7) is 13.5. The van der Waals surface area contributed by atoms with Crippen molar-refractivity contribution in [3.8, 4) is 0 Å². The Balaban J connectivity index is 0.000000771. The van der Waals surface area contributed by atoms with Crippen LogP contribution in [0.2, 0.25) is 0 Å². The number of hydrogen-bond acceptors (Lipinski definition) is 2. The summed E-state index contributed by atoms with van der Waals surface area (Å²) in [6, 6.07) is 0.594. The van der Waals surface area contributed by atoms with E-state index in [2.05, 4.69) is 19.2 Å². The third-order valence-electron chi connectivity index (χ3n) is 3.97. The molecule has 0 aromatic carbocycles. The largest absolute Gasteiger partial charge is 0.341 e. The highest BCUT2D eigenvalue weighted by atomic mass is 16.2. The van der Waals surface area contributed by atoms with Crippen LogP contribution < -0.4 is 5.32 Å². The quantitative estimate of drug-likeness (QED) is 0.836. The van der Waals surface area contributed by atoms with Crippen molar-refractivity contribution in [3.05, 3.63) is 0 Å². The fourth-order valence-electron chi connectivity index (χ4n) is 3.13. The third-order valence-corrected chi connectivity index (χ3v) is 3.97. The van der Waals surface area contributed by atoms with Gasteiger partial charge in [0.25, 0.3) is 0 Å². The average Bonchev–Trinajstić information content (AvgIpc) is 2.26. The standard InChI is InChI=1S/C13H24N2O.C2H6/c1-4-12(16)15-8-13(9-15)5-11(6-13)7-14-10(2)3;1-2/h10-11,14H,4-9H2,1-3H3;1-2H3. The molecule has 0 atom stereocenters. The van der Waals surface area contributed by atoms with Gasteiger partial charge in [-0.05, 0) is 25.3 Å². The lowest BCUT2D eigenvalue weighted by Gasteiger charge is -2.59. The predicted octanol–water partition coefficient (Wildman–Crippen LogP) is 2.66. The summed E-state index contributed by atoms with van der Waals surface area (Å²) in [6.07, 6.45) is 3.30. The molecule has 2 rings (SSSR count). The van der Waals surface area contributed by atoms with Crippen molar-refractivity contribution in [1.29, 1.82) is 0 Å². The van der Waals surface area contributed by atoms with Gasteiger partial charge >= 0.3 is 0 Å². The molecular formula is C15H30N2O. The molecule has 1 N–H and O–H groups in total. The Hall–Kier alpha value is -0.570. The van der Waals surface area contributed by atoms with Crippen molar-refractivity contribution >= 4 is 5.91 Å². The summed E-state index contributed by atoms with van der Waals surface area (Å²) in [4.78, 5) is 13.5. The van der Waals surface area contributed by atoms with E-state index in [1.54, 1.807) is 0 Å². The van der Waals surface area contributed by atoms with Crippen LogP contribution in [-0.2, 0) is 4.79 Å². The first-order valence-electron chi connectivity index (χ1n) is 7.56. The van der Waals surface area contributed by atoms with Crippen LogP contribution in [0.4, 0.5) is 0 Å². The molecule has 3 nitrogen and oxygen atoms in total. The molecule has 1 amide bonds. The van der Waals surface area contributed by atoms with Crippen LogP contribution in [0.5, 0.6) is 0 Å². The molecule has 2 fully saturated rings. The zero-order valence-corrected chi connectivity index (χ0v) is 12.8. The number of amides is 1. The lowest BCUT2D eigenvalue weighted by molar-refractivity contribution is -0.154. The van der Waals surface area contributed by atoms with Crippen molar-refractivity contribution in [2.24, 2.45) is 11.3 Å². The van der Waals surface area contributed by atoms with Crippen molar-refractivity contribution < 1.29 is 4.79 Å². The fraction of sp³-hybridized carbons (Fsp3) is 0.933. The van der Waals surface area contributed by atoms with Crippen LogP contribution in [0.25, 0.3) is 0 Å². The molecular weight excluding hydrogens is 224 g/mol. The zero-order chi connectivity index (χ0) is 13.8. The monoisotopic (exact) mass is 254 g/mol. The Kier molecular flexibility index (Phi) is 5.64. The Morgan fingerprint density at radius 3 is 2.33 bits per heavy atom. The summed E-state index contributed by atoms with van der Waals surface area (Å²) in [5.74, 6) is 1.18. The summed E-state index contributed by atoms with van der Waals surface area (Å²) < 4.78 is 0. The van der Waals surface area contributed by atoms with Gasteiger partial charge in [-0.2, -0.15) is 0 Å². The lowest BCUT2D eigenvalue weighted by Crippen LogP contribution is -2.64. The lowest BCUT2D eigenvalue weighted by atomic mass is 9.57. The van der Waals surface area contributed by atoms with Crippen molar-refractivity contribution in [2.45, 2.75) is 59.9 Å². The minimum Gasteiger partial charge on any atom is -0.341 e. The van der Waals surface area contributed by atoms with E-state index in [9.17, 15) is 4.79 Å². The van der Waals surface area contributed by atoms with E-state index in [0.29, 0.717) is 23.8 Å². The van der Waals surface area contributed by atoms with E-state index >= 15 is 0 Å². The summed E-state index contributed by atoms with van der Waals surface area (Å²) in [5.41, 5.74) is 0.522. The SMILES string of the molecule is CC.CCC(=O)N1CC2(CC(CNC(C)C)C2)C1. The van der Waals surface area contributed by atoms with E-state index in [-0.39, 0.29) is 0 Å². The van der Waals surface area contributed by atoms with E-state index in [4.69, 9.17) is 0 Å². The van der Waals surface area contributed by atoms with Crippen LogP contribution in [0.1, 0.15) is 53.9 Å². The van der Waals surface area contributed by atoms with E-state index in [0.717, 1.165) is 25.6 Å². The molecule has 1 aliphatic carbocycles.